The maximum absolute atomic E-state index is 2.42. The second-order valence-corrected chi connectivity index (χ2v) is 10.0. The van der Waals surface area contributed by atoms with Gasteiger partial charge in [-0.2, -0.15) is 0 Å². The van der Waals surface area contributed by atoms with E-state index in [2.05, 4.69) is 115 Å². The van der Waals surface area contributed by atoms with Crippen LogP contribution in [-0.4, -0.2) is 5.66 Å². The minimum Gasteiger partial charge on any atom is -0.0803 e. The van der Waals surface area contributed by atoms with Crippen LogP contribution in [0.3, 0.4) is 0 Å². The molecule has 0 radical (unpaired) electrons. The first-order chi connectivity index (χ1) is 12.4. The van der Waals surface area contributed by atoms with Crippen LogP contribution in [0.4, 0.5) is 0 Å². The molecule has 1 atom stereocenters. The Morgan fingerprint density at radius 3 is 1.36 bits per heavy atom. The Balaban J connectivity index is 2.05. The van der Waals surface area contributed by atoms with E-state index in [1.165, 1.54) is 15.9 Å². The summed E-state index contributed by atoms with van der Waals surface area (Å²) in [7, 11) is -1.77. The van der Waals surface area contributed by atoms with E-state index in [1.54, 1.807) is 0 Å². The van der Waals surface area contributed by atoms with E-state index in [9.17, 15) is 0 Å². The highest BCUT2D eigenvalue weighted by molar-refractivity contribution is 7.96. The van der Waals surface area contributed by atoms with E-state index in [0.29, 0.717) is 5.66 Å². The van der Waals surface area contributed by atoms with Crippen LogP contribution in [0, 0.1) is 0 Å². The molecule has 0 amide bonds. The minimum atomic E-state index is -1.77. The van der Waals surface area contributed by atoms with Gasteiger partial charge in [0.25, 0.3) is 0 Å². The van der Waals surface area contributed by atoms with Crippen molar-refractivity contribution in [1.82, 2.24) is 0 Å². The summed E-state index contributed by atoms with van der Waals surface area (Å²) < 4.78 is 0. The first-order valence-electron chi connectivity index (χ1n) is 8.81. The highest BCUT2D eigenvalue weighted by Crippen LogP contribution is 2.61. The van der Waals surface area contributed by atoms with Crippen molar-refractivity contribution in [2.45, 2.75) is 12.1 Å². The molecule has 0 bridgehead atoms. The molecule has 0 saturated carbocycles. The third-order valence-electron chi connectivity index (χ3n) is 4.95. The van der Waals surface area contributed by atoms with Gasteiger partial charge in [-0.05, 0) is 42.5 Å². The van der Waals surface area contributed by atoms with Gasteiger partial charge >= 0.3 is 0 Å². The van der Waals surface area contributed by atoms with Crippen molar-refractivity contribution in [2.24, 2.45) is 0 Å². The normalized spacial score (nSPS) is 16.7. The maximum atomic E-state index is 2.42. The van der Waals surface area contributed by atoms with E-state index in [1.807, 2.05) is 0 Å². The van der Waals surface area contributed by atoms with Crippen molar-refractivity contribution in [3.8, 4) is 0 Å². The number of hydrogen-bond donors (Lipinski definition) is 0. The van der Waals surface area contributed by atoms with Crippen molar-refractivity contribution in [3.05, 3.63) is 115 Å². The molecular formula is C24H22P+. The molecule has 0 saturated heterocycles. The maximum Gasteiger partial charge on any atom is 0.119 e. The lowest BCUT2D eigenvalue weighted by Crippen LogP contribution is -2.38. The topological polar surface area (TPSA) is 0 Å². The molecule has 1 aliphatic carbocycles. The van der Waals surface area contributed by atoms with Crippen molar-refractivity contribution in [2.75, 3.05) is 0 Å². The largest absolute Gasteiger partial charge is 0.119 e. The predicted octanol–water partition coefficient (Wildman–Crippen LogP) is 4.87. The summed E-state index contributed by atoms with van der Waals surface area (Å²) in [6.07, 6.45) is 10.2. The Hall–Kier alpha value is -2.43. The van der Waals surface area contributed by atoms with E-state index < -0.39 is 7.26 Å². The quantitative estimate of drug-likeness (QED) is 0.594. The van der Waals surface area contributed by atoms with Crippen LogP contribution in [-0.2, 0) is 0 Å². The van der Waals surface area contributed by atoms with Gasteiger partial charge in [0, 0.05) is 6.42 Å². The molecule has 0 fully saturated rings. The van der Waals surface area contributed by atoms with Crippen LogP contribution in [0.25, 0.3) is 0 Å². The van der Waals surface area contributed by atoms with Gasteiger partial charge in [0.05, 0.1) is 0 Å². The Morgan fingerprint density at radius 2 is 1.00 bits per heavy atom. The van der Waals surface area contributed by atoms with Gasteiger partial charge in [0.2, 0.25) is 0 Å². The molecule has 1 aliphatic rings. The summed E-state index contributed by atoms with van der Waals surface area (Å²) in [5.74, 6) is 0. The first kappa shape index (κ1) is 16.1. The van der Waals surface area contributed by atoms with E-state index >= 15 is 0 Å². The molecule has 0 aliphatic heterocycles. The van der Waals surface area contributed by atoms with Crippen LogP contribution >= 0.6 is 7.26 Å². The molecule has 1 heteroatoms. The third-order valence-corrected chi connectivity index (χ3v) is 9.66. The molecular weight excluding hydrogens is 319 g/mol. The van der Waals surface area contributed by atoms with Crippen molar-refractivity contribution in [3.63, 3.8) is 0 Å². The molecule has 122 valence electrons. The number of benzene rings is 3. The monoisotopic (exact) mass is 341 g/mol. The fourth-order valence-corrected chi connectivity index (χ4v) is 8.63. The lowest BCUT2D eigenvalue weighted by atomic mass is 10.2. The van der Waals surface area contributed by atoms with E-state index in [0.717, 1.165) is 6.42 Å². The summed E-state index contributed by atoms with van der Waals surface area (Å²) in [5, 5.41) is 4.37. The molecule has 0 spiro atoms. The third kappa shape index (κ3) is 2.88. The molecule has 1 unspecified atom stereocenters. The Labute approximate surface area is 150 Å². The van der Waals surface area contributed by atoms with Crippen LogP contribution in [0.2, 0.25) is 0 Å². The SMILES string of the molecule is C1=CCC([P+](c2ccccc2)(c2ccccc2)c2ccccc2)C=C1. The lowest BCUT2D eigenvalue weighted by Gasteiger charge is -2.33. The fraction of sp³-hybridized carbons (Fsp3) is 0.0833. The summed E-state index contributed by atoms with van der Waals surface area (Å²) >= 11 is 0. The standard InChI is InChI=1S/C24H22P/c1-5-13-21(14-6-1)25(22-15-7-2-8-16-22,23-17-9-3-10-18-23)24-19-11-4-12-20-24/h1-19,24H,20H2/q+1. The molecule has 25 heavy (non-hydrogen) atoms. The van der Waals surface area contributed by atoms with Gasteiger partial charge in [-0.3, -0.25) is 0 Å². The highest BCUT2D eigenvalue weighted by Gasteiger charge is 2.50. The van der Waals surface area contributed by atoms with Crippen molar-refractivity contribution in [1.29, 1.82) is 0 Å². The summed E-state index contributed by atoms with van der Waals surface area (Å²) in [6, 6.07) is 33.3. The second-order valence-electron chi connectivity index (χ2n) is 6.35. The van der Waals surface area contributed by atoms with Gasteiger partial charge < -0.3 is 0 Å². The molecule has 3 aromatic rings. The van der Waals surface area contributed by atoms with Gasteiger partial charge in [0.15, 0.2) is 0 Å². The van der Waals surface area contributed by atoms with Gasteiger partial charge in [-0.1, -0.05) is 72.8 Å². The van der Waals surface area contributed by atoms with Crippen LogP contribution < -0.4 is 15.9 Å². The average molecular weight is 341 g/mol. The van der Waals surface area contributed by atoms with Crippen molar-refractivity contribution < 1.29 is 0 Å². The minimum absolute atomic E-state index is 0.490. The van der Waals surface area contributed by atoms with Gasteiger partial charge in [-0.15, -0.1) is 0 Å². The zero-order chi connectivity index (χ0) is 17.0. The predicted molar refractivity (Wildman–Crippen MR) is 112 cm³/mol. The Kier molecular flexibility index (Phi) is 4.63. The average Bonchev–Trinajstić information content (AvgIpc) is 2.72. The zero-order valence-corrected chi connectivity index (χ0v) is 15.1. The Bertz CT molecular complexity index is 767. The van der Waals surface area contributed by atoms with Gasteiger partial charge in [-0.25, -0.2) is 0 Å². The first-order valence-corrected chi connectivity index (χ1v) is 10.7. The summed E-state index contributed by atoms with van der Waals surface area (Å²) in [5.41, 5.74) is 0.490. The molecule has 0 aromatic heterocycles. The van der Waals surface area contributed by atoms with E-state index in [-0.39, 0.29) is 0 Å². The van der Waals surface area contributed by atoms with Crippen LogP contribution in [0.5, 0.6) is 0 Å². The Morgan fingerprint density at radius 1 is 0.560 bits per heavy atom. The molecule has 4 rings (SSSR count). The van der Waals surface area contributed by atoms with E-state index in [4.69, 9.17) is 0 Å². The highest BCUT2D eigenvalue weighted by atomic mass is 31.2. The van der Waals surface area contributed by atoms with Gasteiger partial charge in [0.1, 0.15) is 28.8 Å². The van der Waals surface area contributed by atoms with Crippen molar-refractivity contribution >= 4 is 23.2 Å². The number of allylic oxidation sites excluding steroid dienone is 4. The molecule has 0 N–H and O–H groups in total. The molecule has 0 nitrogen and oxygen atoms in total. The number of hydrogen-bond acceptors (Lipinski definition) is 0. The number of rotatable bonds is 4. The zero-order valence-electron chi connectivity index (χ0n) is 14.2. The smallest absolute Gasteiger partial charge is 0.0803 e. The van der Waals surface area contributed by atoms with Crippen LogP contribution in [0.1, 0.15) is 6.42 Å². The molecule has 3 aromatic carbocycles. The second kappa shape index (κ2) is 7.21. The fourth-order valence-electron chi connectivity index (χ4n) is 3.87. The van der Waals surface area contributed by atoms with Crippen LogP contribution in [0.15, 0.2) is 115 Å². The molecule has 0 heterocycles. The summed E-state index contributed by atoms with van der Waals surface area (Å²) in [4.78, 5) is 0. The lowest BCUT2D eigenvalue weighted by molar-refractivity contribution is 1.04. The summed E-state index contributed by atoms with van der Waals surface area (Å²) in [6.45, 7) is 0.